The Hall–Kier alpha value is -2.44. The van der Waals surface area contributed by atoms with Crippen molar-refractivity contribution in [2.24, 2.45) is 0 Å². The van der Waals surface area contributed by atoms with Gasteiger partial charge in [0, 0.05) is 24.5 Å². The van der Waals surface area contributed by atoms with Crippen LogP contribution in [-0.2, 0) is 9.47 Å². The van der Waals surface area contributed by atoms with E-state index in [1.54, 1.807) is 26.8 Å². The Bertz CT molecular complexity index is 579. The van der Waals surface area contributed by atoms with Crippen molar-refractivity contribution in [2.45, 2.75) is 33.3 Å². The summed E-state index contributed by atoms with van der Waals surface area (Å²) in [5.41, 5.74) is 7.56. The van der Waals surface area contributed by atoms with Gasteiger partial charge in [0.15, 0.2) is 0 Å². The van der Waals surface area contributed by atoms with Gasteiger partial charge in [-0.15, -0.1) is 0 Å². The van der Waals surface area contributed by atoms with E-state index >= 15 is 0 Å². The van der Waals surface area contributed by atoms with Crippen LogP contribution in [0.4, 0.5) is 16.2 Å². The van der Waals surface area contributed by atoms with Gasteiger partial charge in [-0.25, -0.2) is 9.59 Å². The molecule has 0 atom stereocenters. The Labute approximate surface area is 136 Å². The average Bonchev–Trinajstić information content (AvgIpc) is 2.44. The van der Waals surface area contributed by atoms with Gasteiger partial charge in [-0.1, -0.05) is 0 Å². The normalized spacial score (nSPS) is 10.8. The molecule has 0 aliphatic carbocycles. The molecule has 0 saturated heterocycles. The van der Waals surface area contributed by atoms with Crippen molar-refractivity contribution >= 4 is 23.4 Å². The second-order valence-electron chi connectivity index (χ2n) is 6.10. The third kappa shape index (κ3) is 6.06. The van der Waals surface area contributed by atoms with E-state index in [1.165, 1.54) is 7.11 Å². The Balaban J connectivity index is 2.57. The minimum absolute atomic E-state index is 0.315. The number of aryl methyl sites for hydroxylation is 1. The van der Waals surface area contributed by atoms with Crippen molar-refractivity contribution in [1.29, 1.82) is 0 Å². The topological polar surface area (TPSA) is 103 Å². The maximum absolute atomic E-state index is 11.7. The number of nitrogens with one attached hydrogen (secondary N) is 2. The first-order chi connectivity index (χ1) is 10.6. The number of nitrogen functional groups attached to an aromatic ring is 1. The molecule has 0 saturated carbocycles. The van der Waals surface area contributed by atoms with Crippen molar-refractivity contribution in [3.63, 3.8) is 0 Å². The Morgan fingerprint density at radius 2 is 1.87 bits per heavy atom. The number of hydrogen-bond donors (Lipinski definition) is 3. The fourth-order valence-corrected chi connectivity index (χ4v) is 1.86. The Kier molecular flexibility index (Phi) is 6.24. The molecule has 1 amide bonds. The number of esters is 1. The van der Waals surface area contributed by atoms with E-state index in [9.17, 15) is 9.59 Å². The largest absolute Gasteiger partial charge is 0.465 e. The van der Waals surface area contributed by atoms with Gasteiger partial charge in [-0.3, -0.25) is 0 Å². The summed E-state index contributed by atoms with van der Waals surface area (Å²) in [5, 5.41) is 5.76. The van der Waals surface area contributed by atoms with Gasteiger partial charge in [0.2, 0.25) is 0 Å². The number of rotatable bonds is 5. The van der Waals surface area contributed by atoms with Crippen LogP contribution in [-0.4, -0.2) is 37.9 Å². The summed E-state index contributed by atoms with van der Waals surface area (Å²) in [6, 6.07) is 3.46. The molecule has 23 heavy (non-hydrogen) atoms. The van der Waals surface area contributed by atoms with E-state index < -0.39 is 17.7 Å². The molecule has 1 aromatic carbocycles. The zero-order valence-corrected chi connectivity index (χ0v) is 14.3. The van der Waals surface area contributed by atoms with Gasteiger partial charge in [-0.2, -0.15) is 0 Å². The lowest BCUT2D eigenvalue weighted by Gasteiger charge is -2.19. The fraction of sp³-hybridized carbons (Fsp3) is 0.500. The zero-order chi connectivity index (χ0) is 17.6. The third-order valence-corrected chi connectivity index (χ3v) is 2.91. The summed E-state index contributed by atoms with van der Waals surface area (Å²) >= 11 is 0. The molecule has 128 valence electrons. The van der Waals surface area contributed by atoms with Crippen molar-refractivity contribution < 1.29 is 19.1 Å². The highest BCUT2D eigenvalue weighted by Crippen LogP contribution is 2.23. The predicted octanol–water partition coefficient (Wildman–Crippen LogP) is 2.30. The highest BCUT2D eigenvalue weighted by Gasteiger charge is 2.16. The minimum atomic E-state index is -0.527. The predicted molar refractivity (Wildman–Crippen MR) is 89.7 cm³/mol. The van der Waals surface area contributed by atoms with Crippen LogP contribution < -0.4 is 16.4 Å². The standard InChI is InChI=1S/C16H25N3O4/c1-10-8-11(9-12(13(10)17)14(20)22-5)18-6-7-19-15(21)23-16(2,3)4/h8-9,18H,6-7,17H2,1-5H3,(H,19,21). The second-order valence-corrected chi connectivity index (χ2v) is 6.10. The Morgan fingerprint density at radius 3 is 2.43 bits per heavy atom. The first-order valence-corrected chi connectivity index (χ1v) is 7.33. The van der Waals surface area contributed by atoms with E-state index in [0.717, 1.165) is 11.3 Å². The molecule has 7 nitrogen and oxygen atoms in total. The van der Waals surface area contributed by atoms with Gasteiger partial charge in [0.05, 0.1) is 12.7 Å². The summed E-state index contributed by atoms with van der Waals surface area (Å²) in [5.74, 6) is -0.485. The number of ether oxygens (including phenoxy) is 2. The van der Waals surface area contributed by atoms with Gasteiger partial charge in [-0.05, 0) is 45.4 Å². The van der Waals surface area contributed by atoms with E-state index in [4.69, 9.17) is 15.2 Å². The van der Waals surface area contributed by atoms with Gasteiger partial charge < -0.3 is 25.8 Å². The highest BCUT2D eigenvalue weighted by atomic mass is 16.6. The quantitative estimate of drug-likeness (QED) is 0.436. The molecular weight excluding hydrogens is 298 g/mol. The molecule has 1 aromatic rings. The molecule has 0 aromatic heterocycles. The Morgan fingerprint density at radius 1 is 1.22 bits per heavy atom. The lowest BCUT2D eigenvalue weighted by atomic mass is 10.1. The van der Waals surface area contributed by atoms with E-state index in [1.807, 2.05) is 13.0 Å². The van der Waals surface area contributed by atoms with Crippen LogP contribution >= 0.6 is 0 Å². The fourth-order valence-electron chi connectivity index (χ4n) is 1.86. The van der Waals surface area contributed by atoms with Crippen LogP contribution in [0.3, 0.4) is 0 Å². The first-order valence-electron chi connectivity index (χ1n) is 7.33. The molecule has 0 radical (unpaired) electrons. The molecule has 0 unspecified atom stereocenters. The molecule has 0 spiro atoms. The van der Waals surface area contributed by atoms with Crippen LogP contribution in [0.1, 0.15) is 36.7 Å². The number of methoxy groups -OCH3 is 1. The van der Waals surface area contributed by atoms with Crippen LogP contribution in [0.15, 0.2) is 12.1 Å². The van der Waals surface area contributed by atoms with Crippen LogP contribution in [0, 0.1) is 6.92 Å². The minimum Gasteiger partial charge on any atom is -0.465 e. The molecule has 0 heterocycles. The average molecular weight is 323 g/mol. The number of anilines is 2. The molecule has 0 fully saturated rings. The SMILES string of the molecule is COC(=O)c1cc(NCCNC(=O)OC(C)(C)C)cc(C)c1N. The van der Waals surface area contributed by atoms with E-state index in [0.29, 0.717) is 24.3 Å². The first kappa shape index (κ1) is 18.6. The second kappa shape index (κ2) is 7.71. The maximum Gasteiger partial charge on any atom is 0.407 e. The number of amides is 1. The molecule has 7 heteroatoms. The van der Waals surface area contributed by atoms with Crippen molar-refractivity contribution in [1.82, 2.24) is 5.32 Å². The smallest absolute Gasteiger partial charge is 0.407 e. The number of carbonyl (C=O) groups excluding carboxylic acids is 2. The van der Waals surface area contributed by atoms with Crippen molar-refractivity contribution in [2.75, 3.05) is 31.2 Å². The number of nitrogens with two attached hydrogens (primary N) is 1. The summed E-state index contributed by atoms with van der Waals surface area (Å²) in [6.45, 7) is 8.07. The lowest BCUT2D eigenvalue weighted by molar-refractivity contribution is 0.0528. The molecule has 0 aliphatic rings. The number of benzene rings is 1. The van der Waals surface area contributed by atoms with Crippen LogP contribution in [0.25, 0.3) is 0 Å². The molecule has 1 rings (SSSR count). The van der Waals surface area contributed by atoms with Crippen molar-refractivity contribution in [3.05, 3.63) is 23.3 Å². The number of hydrogen-bond acceptors (Lipinski definition) is 6. The highest BCUT2D eigenvalue weighted by molar-refractivity contribution is 5.97. The van der Waals surface area contributed by atoms with Crippen LogP contribution in [0.2, 0.25) is 0 Å². The van der Waals surface area contributed by atoms with Gasteiger partial charge in [0.25, 0.3) is 0 Å². The molecular formula is C16H25N3O4. The summed E-state index contributed by atoms with van der Waals surface area (Å²) < 4.78 is 9.84. The van der Waals surface area contributed by atoms with Gasteiger partial charge in [0.1, 0.15) is 5.60 Å². The van der Waals surface area contributed by atoms with Crippen molar-refractivity contribution in [3.8, 4) is 0 Å². The number of alkyl carbamates (subject to hydrolysis) is 1. The molecule has 4 N–H and O–H groups in total. The third-order valence-electron chi connectivity index (χ3n) is 2.91. The monoisotopic (exact) mass is 323 g/mol. The number of carbonyl (C=O) groups is 2. The van der Waals surface area contributed by atoms with Gasteiger partial charge >= 0.3 is 12.1 Å². The van der Waals surface area contributed by atoms with Crippen LogP contribution in [0.5, 0.6) is 0 Å². The summed E-state index contributed by atoms with van der Waals surface area (Å²) in [6.07, 6.45) is -0.469. The maximum atomic E-state index is 11.7. The lowest BCUT2D eigenvalue weighted by Crippen LogP contribution is -2.35. The summed E-state index contributed by atoms with van der Waals surface area (Å²) in [4.78, 5) is 23.2. The zero-order valence-electron chi connectivity index (χ0n) is 14.3. The molecule has 0 aliphatic heterocycles. The van der Waals surface area contributed by atoms with E-state index in [-0.39, 0.29) is 0 Å². The molecule has 0 bridgehead atoms. The van der Waals surface area contributed by atoms with E-state index in [2.05, 4.69) is 10.6 Å². The summed E-state index contributed by atoms with van der Waals surface area (Å²) in [7, 11) is 1.31.